The van der Waals surface area contributed by atoms with Gasteiger partial charge in [0, 0.05) is 37.7 Å². The van der Waals surface area contributed by atoms with Crippen LogP contribution in [0, 0.1) is 0 Å². The Balaban J connectivity index is 1.64. The molecule has 2 aliphatic heterocycles. The fraction of sp³-hybridized carbons (Fsp3) is 0.444. The van der Waals surface area contributed by atoms with E-state index in [2.05, 4.69) is 0 Å². The van der Waals surface area contributed by atoms with Crippen LogP contribution in [0.3, 0.4) is 0 Å². The van der Waals surface area contributed by atoms with Gasteiger partial charge in [0.25, 0.3) is 0 Å². The van der Waals surface area contributed by atoms with E-state index < -0.39 is 0 Å². The van der Waals surface area contributed by atoms with Gasteiger partial charge in [-0.2, -0.15) is 0 Å². The van der Waals surface area contributed by atoms with Crippen molar-refractivity contribution >= 4 is 17.9 Å². The van der Waals surface area contributed by atoms with E-state index in [-0.39, 0.29) is 23.9 Å². The Morgan fingerprint density at radius 1 is 1.14 bits per heavy atom. The largest absolute Gasteiger partial charge is 0.335 e. The zero-order valence-corrected chi connectivity index (χ0v) is 12.9. The average Bonchev–Trinajstić information content (AvgIpc) is 2.82. The molecule has 0 aromatic heterocycles. The van der Waals surface area contributed by atoms with Crippen LogP contribution >= 0.6 is 0 Å². The highest BCUT2D eigenvalue weighted by Gasteiger charge is 2.42. The Morgan fingerprint density at radius 3 is 2.36 bits per heavy atom. The number of amides is 2. The molecule has 0 N–H and O–H groups in total. The van der Waals surface area contributed by atoms with Crippen LogP contribution in [0.5, 0.6) is 0 Å². The molecule has 0 spiro atoms. The van der Waals surface area contributed by atoms with E-state index in [1.54, 1.807) is 6.08 Å². The molecular formula is C18H22N2O2. The molecule has 2 bridgehead atoms. The van der Waals surface area contributed by atoms with Crippen LogP contribution in [0.2, 0.25) is 0 Å². The summed E-state index contributed by atoms with van der Waals surface area (Å²) < 4.78 is 0. The molecular weight excluding hydrogens is 276 g/mol. The van der Waals surface area contributed by atoms with Crippen molar-refractivity contribution in [3.05, 3.63) is 42.0 Å². The number of hydrogen-bond donors (Lipinski definition) is 0. The topological polar surface area (TPSA) is 40.6 Å². The summed E-state index contributed by atoms with van der Waals surface area (Å²) in [6.07, 6.45) is 6.08. The molecule has 1 aromatic rings. The predicted molar refractivity (Wildman–Crippen MR) is 86.0 cm³/mol. The standard InChI is InChI=1S/C18H22N2O2/c1-2-17(21)20-15-9-10-16(20)13-19(12-15)18(22)11-8-14-6-4-3-5-7-14/h3-8,11,15-16H,2,9-10,12-13H2,1H3/b11-8+. The van der Waals surface area contributed by atoms with Crippen molar-refractivity contribution in [2.75, 3.05) is 13.1 Å². The van der Waals surface area contributed by atoms with Gasteiger partial charge in [-0.3, -0.25) is 9.59 Å². The van der Waals surface area contributed by atoms with Gasteiger partial charge in [0.15, 0.2) is 0 Å². The van der Waals surface area contributed by atoms with Crippen LogP contribution in [-0.2, 0) is 9.59 Å². The lowest BCUT2D eigenvalue weighted by Crippen LogP contribution is -2.56. The van der Waals surface area contributed by atoms with Gasteiger partial charge in [-0.25, -0.2) is 0 Å². The molecule has 3 rings (SSSR count). The van der Waals surface area contributed by atoms with Gasteiger partial charge in [0.2, 0.25) is 11.8 Å². The van der Waals surface area contributed by atoms with E-state index >= 15 is 0 Å². The Labute approximate surface area is 131 Å². The number of likely N-dealkylation sites (tertiary alicyclic amines) is 1. The maximum Gasteiger partial charge on any atom is 0.246 e. The van der Waals surface area contributed by atoms with Gasteiger partial charge in [0.1, 0.15) is 0 Å². The summed E-state index contributed by atoms with van der Waals surface area (Å²) in [4.78, 5) is 28.3. The molecule has 4 heteroatoms. The predicted octanol–water partition coefficient (Wildman–Crippen LogP) is 2.31. The van der Waals surface area contributed by atoms with Crippen molar-refractivity contribution in [2.45, 2.75) is 38.3 Å². The lowest BCUT2D eigenvalue weighted by Gasteiger charge is -2.40. The van der Waals surface area contributed by atoms with Crippen molar-refractivity contribution in [1.29, 1.82) is 0 Å². The quantitative estimate of drug-likeness (QED) is 0.804. The second-order valence-electron chi connectivity index (χ2n) is 6.03. The Bertz CT molecular complexity index is 568. The van der Waals surface area contributed by atoms with Crippen LogP contribution in [0.1, 0.15) is 31.7 Å². The molecule has 2 fully saturated rings. The van der Waals surface area contributed by atoms with Crippen LogP contribution in [0.15, 0.2) is 36.4 Å². The first-order valence-electron chi connectivity index (χ1n) is 8.02. The normalized spacial score (nSPS) is 24.0. The SMILES string of the molecule is CCC(=O)N1C2CCC1CN(C(=O)/C=C/c1ccccc1)C2. The zero-order valence-electron chi connectivity index (χ0n) is 12.9. The molecule has 116 valence electrons. The molecule has 2 unspecified atom stereocenters. The molecule has 2 atom stereocenters. The summed E-state index contributed by atoms with van der Waals surface area (Å²) in [5.41, 5.74) is 1.03. The summed E-state index contributed by atoms with van der Waals surface area (Å²) >= 11 is 0. The van der Waals surface area contributed by atoms with Gasteiger partial charge in [-0.15, -0.1) is 0 Å². The Kier molecular flexibility index (Phi) is 4.27. The van der Waals surface area contributed by atoms with Crippen molar-refractivity contribution in [1.82, 2.24) is 9.80 Å². The number of nitrogens with zero attached hydrogens (tertiary/aromatic N) is 2. The minimum absolute atomic E-state index is 0.0457. The maximum atomic E-state index is 12.4. The molecule has 2 saturated heterocycles. The van der Waals surface area contributed by atoms with Crippen molar-refractivity contribution < 1.29 is 9.59 Å². The highest BCUT2D eigenvalue weighted by Crippen LogP contribution is 2.30. The number of hydrogen-bond acceptors (Lipinski definition) is 2. The number of carbonyl (C=O) groups is 2. The first kappa shape index (κ1) is 14.8. The highest BCUT2D eigenvalue weighted by atomic mass is 16.2. The number of benzene rings is 1. The Hall–Kier alpha value is -2.10. The number of fused-ring (bicyclic) bond motifs is 2. The van der Waals surface area contributed by atoms with Crippen LogP contribution in [-0.4, -0.2) is 46.8 Å². The smallest absolute Gasteiger partial charge is 0.246 e. The highest BCUT2D eigenvalue weighted by molar-refractivity contribution is 5.92. The fourth-order valence-corrected chi connectivity index (χ4v) is 3.51. The first-order chi connectivity index (χ1) is 10.7. The molecule has 0 aliphatic carbocycles. The second kappa shape index (κ2) is 6.34. The monoisotopic (exact) mass is 298 g/mol. The van der Waals surface area contributed by atoms with Crippen molar-refractivity contribution in [3.63, 3.8) is 0 Å². The van der Waals surface area contributed by atoms with Gasteiger partial charge >= 0.3 is 0 Å². The van der Waals surface area contributed by atoms with Crippen LogP contribution in [0.25, 0.3) is 6.08 Å². The van der Waals surface area contributed by atoms with E-state index in [0.29, 0.717) is 19.5 Å². The molecule has 0 radical (unpaired) electrons. The molecule has 2 heterocycles. The third-order valence-electron chi connectivity index (χ3n) is 4.60. The summed E-state index contributed by atoms with van der Waals surface area (Å²) in [5, 5.41) is 0. The summed E-state index contributed by atoms with van der Waals surface area (Å²) in [5.74, 6) is 0.267. The van der Waals surface area contributed by atoms with E-state index in [1.807, 2.05) is 53.1 Å². The van der Waals surface area contributed by atoms with Crippen LogP contribution in [0.4, 0.5) is 0 Å². The number of rotatable bonds is 3. The minimum atomic E-state index is 0.0457. The van der Waals surface area contributed by atoms with E-state index in [1.165, 1.54) is 0 Å². The molecule has 0 saturated carbocycles. The summed E-state index contributed by atoms with van der Waals surface area (Å²) in [6.45, 7) is 3.24. The van der Waals surface area contributed by atoms with E-state index in [0.717, 1.165) is 18.4 Å². The fourth-order valence-electron chi connectivity index (χ4n) is 3.51. The maximum absolute atomic E-state index is 12.4. The van der Waals surface area contributed by atoms with Gasteiger partial charge in [-0.05, 0) is 24.5 Å². The molecule has 2 aliphatic rings. The lowest BCUT2D eigenvalue weighted by molar-refractivity contribution is -0.141. The van der Waals surface area contributed by atoms with Gasteiger partial charge in [0.05, 0.1) is 0 Å². The van der Waals surface area contributed by atoms with Crippen molar-refractivity contribution in [3.8, 4) is 0 Å². The zero-order chi connectivity index (χ0) is 15.5. The molecule has 22 heavy (non-hydrogen) atoms. The number of piperazine rings is 1. The second-order valence-corrected chi connectivity index (χ2v) is 6.03. The third-order valence-corrected chi connectivity index (χ3v) is 4.60. The summed E-state index contributed by atoms with van der Waals surface area (Å²) in [6, 6.07) is 10.2. The van der Waals surface area contributed by atoms with Gasteiger partial charge in [-0.1, -0.05) is 37.3 Å². The summed E-state index contributed by atoms with van der Waals surface area (Å²) in [7, 11) is 0. The van der Waals surface area contributed by atoms with E-state index in [4.69, 9.17) is 0 Å². The van der Waals surface area contributed by atoms with E-state index in [9.17, 15) is 9.59 Å². The number of carbonyl (C=O) groups excluding carboxylic acids is 2. The minimum Gasteiger partial charge on any atom is -0.335 e. The lowest BCUT2D eigenvalue weighted by atomic mass is 10.1. The molecule has 2 amide bonds. The average molecular weight is 298 g/mol. The van der Waals surface area contributed by atoms with Crippen LogP contribution < -0.4 is 0 Å². The molecule has 4 nitrogen and oxygen atoms in total. The Morgan fingerprint density at radius 2 is 1.77 bits per heavy atom. The first-order valence-corrected chi connectivity index (χ1v) is 8.02. The third kappa shape index (κ3) is 2.91. The molecule has 1 aromatic carbocycles. The van der Waals surface area contributed by atoms with Gasteiger partial charge < -0.3 is 9.80 Å². The van der Waals surface area contributed by atoms with Crippen molar-refractivity contribution in [2.24, 2.45) is 0 Å².